The van der Waals surface area contributed by atoms with Crippen molar-refractivity contribution >= 4 is 28.7 Å². The van der Waals surface area contributed by atoms with Gasteiger partial charge in [0.1, 0.15) is 0 Å². The van der Waals surface area contributed by atoms with E-state index in [0.29, 0.717) is 5.11 Å². The molecule has 6 heteroatoms. The Balaban J connectivity index is 1.65. The summed E-state index contributed by atoms with van der Waals surface area (Å²) in [5.74, 6) is 0. The van der Waals surface area contributed by atoms with E-state index in [1.165, 1.54) is 17.0 Å². The second-order valence-corrected chi connectivity index (χ2v) is 9.29. The molecule has 172 valence electrons. The fourth-order valence-electron chi connectivity index (χ4n) is 4.92. The van der Waals surface area contributed by atoms with E-state index in [4.69, 9.17) is 17.2 Å². The quantitative estimate of drug-likeness (QED) is 0.379. The van der Waals surface area contributed by atoms with E-state index in [9.17, 15) is 0 Å². The third-order valence-electron chi connectivity index (χ3n) is 6.55. The van der Waals surface area contributed by atoms with E-state index < -0.39 is 0 Å². The first-order chi connectivity index (χ1) is 16.5. The Morgan fingerprint density at radius 1 is 0.882 bits per heavy atom. The summed E-state index contributed by atoms with van der Waals surface area (Å²) in [6.07, 6.45) is 1.85. The Hall–Kier alpha value is -3.64. The maximum Gasteiger partial charge on any atom is 0.174 e. The molecule has 1 N–H and O–H groups in total. The van der Waals surface area contributed by atoms with Gasteiger partial charge in [-0.2, -0.15) is 0 Å². The van der Waals surface area contributed by atoms with Crippen LogP contribution in [-0.2, 0) is 0 Å². The highest BCUT2D eigenvalue weighted by Gasteiger charge is 2.42. The van der Waals surface area contributed by atoms with Crippen LogP contribution in [0.2, 0.25) is 0 Å². The van der Waals surface area contributed by atoms with Crippen molar-refractivity contribution in [2.75, 3.05) is 23.9 Å². The number of anilines is 2. The summed E-state index contributed by atoms with van der Waals surface area (Å²) in [7, 11) is 4.10. The molecule has 3 heterocycles. The van der Waals surface area contributed by atoms with Crippen LogP contribution in [0.3, 0.4) is 0 Å². The van der Waals surface area contributed by atoms with E-state index in [1.807, 2.05) is 24.4 Å². The van der Waals surface area contributed by atoms with Crippen LogP contribution < -0.4 is 15.1 Å². The highest BCUT2D eigenvalue weighted by atomic mass is 32.1. The van der Waals surface area contributed by atoms with Gasteiger partial charge in [0.25, 0.3) is 0 Å². The number of benzene rings is 2. The largest absolute Gasteiger partial charge is 0.378 e. The van der Waals surface area contributed by atoms with Crippen LogP contribution in [0.15, 0.2) is 85.1 Å². The highest BCUT2D eigenvalue weighted by molar-refractivity contribution is 7.80. The Labute approximate surface area is 206 Å². The van der Waals surface area contributed by atoms with Crippen LogP contribution in [0, 0.1) is 13.8 Å². The monoisotopic (exact) mass is 467 g/mol. The first-order valence-corrected chi connectivity index (χ1v) is 11.9. The van der Waals surface area contributed by atoms with E-state index in [1.54, 1.807) is 0 Å². The number of hydrogen-bond donors (Lipinski definition) is 1. The maximum absolute atomic E-state index is 5.91. The molecule has 2 aromatic heterocycles. The molecule has 0 spiro atoms. The van der Waals surface area contributed by atoms with Crippen molar-refractivity contribution in [2.24, 2.45) is 0 Å². The summed E-state index contributed by atoms with van der Waals surface area (Å²) < 4.78 is 2.32. The third-order valence-corrected chi connectivity index (χ3v) is 6.86. The van der Waals surface area contributed by atoms with E-state index in [2.05, 4.69) is 108 Å². The number of hydrogen-bond acceptors (Lipinski definition) is 3. The lowest BCUT2D eigenvalue weighted by Crippen LogP contribution is -2.29. The number of thiocarbonyl (C=S) groups is 1. The van der Waals surface area contributed by atoms with Crippen molar-refractivity contribution in [2.45, 2.75) is 25.9 Å². The molecule has 0 radical (unpaired) electrons. The lowest BCUT2D eigenvalue weighted by atomic mass is 9.96. The van der Waals surface area contributed by atoms with Crippen molar-refractivity contribution < 1.29 is 0 Å². The summed E-state index contributed by atoms with van der Waals surface area (Å²) in [6.45, 7) is 4.36. The summed E-state index contributed by atoms with van der Waals surface area (Å²) in [5, 5.41) is 4.29. The number of para-hydroxylation sites is 1. The number of aryl methyl sites for hydroxylation is 1. The minimum absolute atomic E-state index is 0.0312. The van der Waals surface area contributed by atoms with Gasteiger partial charge in [-0.15, -0.1) is 0 Å². The Morgan fingerprint density at radius 3 is 2.24 bits per heavy atom. The van der Waals surface area contributed by atoms with Crippen LogP contribution in [0.1, 0.15) is 34.7 Å². The average molecular weight is 468 g/mol. The smallest absolute Gasteiger partial charge is 0.174 e. The lowest BCUT2D eigenvalue weighted by molar-refractivity contribution is 0.565. The van der Waals surface area contributed by atoms with Crippen LogP contribution in [-0.4, -0.2) is 28.8 Å². The van der Waals surface area contributed by atoms with E-state index in [0.717, 1.165) is 22.8 Å². The maximum atomic E-state index is 5.91. The Morgan fingerprint density at radius 2 is 1.59 bits per heavy atom. The summed E-state index contributed by atoms with van der Waals surface area (Å²) >= 11 is 5.91. The molecular weight excluding hydrogens is 438 g/mol. The zero-order valence-electron chi connectivity index (χ0n) is 19.9. The van der Waals surface area contributed by atoms with E-state index in [-0.39, 0.29) is 12.1 Å². The van der Waals surface area contributed by atoms with Crippen molar-refractivity contribution in [3.63, 3.8) is 0 Å². The second kappa shape index (κ2) is 8.95. The SMILES string of the molecule is Cc1cc([C@@H]2[C@@H](c3ccccn3)NC(=S)N2c2ccc(N(C)C)cc2)c(C)n1-c1ccccc1. The molecular formula is C28H29N5S. The molecule has 1 fully saturated rings. The molecule has 1 aliphatic heterocycles. The molecule has 5 rings (SSSR count). The zero-order valence-corrected chi connectivity index (χ0v) is 20.8. The first-order valence-electron chi connectivity index (χ1n) is 11.5. The van der Waals surface area contributed by atoms with Gasteiger partial charge in [-0.25, -0.2) is 0 Å². The summed E-state index contributed by atoms with van der Waals surface area (Å²) in [4.78, 5) is 9.04. The summed E-state index contributed by atoms with van der Waals surface area (Å²) in [6, 6.07) is 27.3. The number of nitrogens with zero attached hydrogens (tertiary/aromatic N) is 4. The molecule has 1 aliphatic rings. The molecule has 0 aliphatic carbocycles. The third kappa shape index (κ3) is 3.84. The molecule has 5 nitrogen and oxygen atoms in total. The Kier molecular flexibility index (Phi) is 5.84. The average Bonchev–Trinajstić information content (AvgIpc) is 3.35. The zero-order chi connectivity index (χ0) is 23.8. The lowest BCUT2D eigenvalue weighted by Gasteiger charge is -2.28. The number of nitrogens with one attached hydrogen (secondary N) is 1. The van der Waals surface area contributed by atoms with Gasteiger partial charge >= 0.3 is 0 Å². The van der Waals surface area contributed by atoms with Gasteiger partial charge in [-0.05, 0) is 86.2 Å². The number of aromatic nitrogens is 2. The molecule has 4 aromatic rings. The molecule has 0 bridgehead atoms. The minimum Gasteiger partial charge on any atom is -0.378 e. The van der Waals surface area contributed by atoms with Gasteiger partial charge in [0.15, 0.2) is 5.11 Å². The minimum atomic E-state index is -0.0630. The van der Waals surface area contributed by atoms with Crippen molar-refractivity contribution in [1.82, 2.24) is 14.9 Å². The van der Waals surface area contributed by atoms with Gasteiger partial charge in [0.2, 0.25) is 0 Å². The predicted molar refractivity (Wildman–Crippen MR) is 144 cm³/mol. The van der Waals surface area contributed by atoms with Crippen LogP contribution >= 0.6 is 12.2 Å². The standard InChI is InChI=1S/C28H29N5S/c1-19-18-24(20(2)32(19)22-10-6-5-7-11-22)27-26(25-12-8-9-17-29-25)30-28(34)33(27)23-15-13-21(14-16-23)31(3)4/h5-18,26-27H,1-4H3,(H,30,34)/t26-,27-/m1/s1. The molecule has 2 aromatic carbocycles. The summed E-state index contributed by atoms with van der Waals surface area (Å²) in [5.41, 5.74) is 7.99. The molecule has 2 atom stereocenters. The van der Waals surface area contributed by atoms with Crippen LogP contribution in [0.25, 0.3) is 5.69 Å². The Bertz CT molecular complexity index is 1300. The van der Waals surface area contributed by atoms with Gasteiger partial charge < -0.3 is 19.7 Å². The van der Waals surface area contributed by atoms with Crippen LogP contribution in [0.5, 0.6) is 0 Å². The van der Waals surface area contributed by atoms with Gasteiger partial charge in [0, 0.05) is 48.7 Å². The highest BCUT2D eigenvalue weighted by Crippen LogP contribution is 2.43. The van der Waals surface area contributed by atoms with Gasteiger partial charge in [-0.3, -0.25) is 4.98 Å². The fraction of sp³-hybridized carbons (Fsp3) is 0.214. The molecule has 0 saturated carbocycles. The molecule has 1 saturated heterocycles. The number of rotatable bonds is 5. The topological polar surface area (TPSA) is 36.3 Å². The normalized spacial score (nSPS) is 17.6. The molecule has 0 unspecified atom stereocenters. The van der Waals surface area contributed by atoms with Gasteiger partial charge in [-0.1, -0.05) is 24.3 Å². The number of pyridine rings is 1. The fourth-order valence-corrected chi connectivity index (χ4v) is 5.27. The van der Waals surface area contributed by atoms with Crippen molar-refractivity contribution in [3.8, 4) is 5.69 Å². The second-order valence-electron chi connectivity index (χ2n) is 8.90. The molecule has 34 heavy (non-hydrogen) atoms. The van der Waals surface area contributed by atoms with Crippen molar-refractivity contribution in [1.29, 1.82) is 0 Å². The van der Waals surface area contributed by atoms with Crippen molar-refractivity contribution in [3.05, 3.63) is 108 Å². The first kappa shape index (κ1) is 22.2. The van der Waals surface area contributed by atoms with E-state index >= 15 is 0 Å². The predicted octanol–water partition coefficient (Wildman–Crippen LogP) is 5.73. The van der Waals surface area contributed by atoms with Gasteiger partial charge in [0.05, 0.1) is 17.8 Å². The van der Waals surface area contributed by atoms with Crippen LogP contribution in [0.4, 0.5) is 11.4 Å². The molecule has 0 amide bonds.